The lowest BCUT2D eigenvalue weighted by Gasteiger charge is -2.14. The molecule has 0 unspecified atom stereocenters. The summed E-state index contributed by atoms with van der Waals surface area (Å²) in [6.45, 7) is 0.163. The van der Waals surface area contributed by atoms with Gasteiger partial charge in [0.1, 0.15) is 6.61 Å². The monoisotopic (exact) mass is 449 g/mol. The first-order chi connectivity index (χ1) is 15.1. The third-order valence-corrected chi connectivity index (χ3v) is 6.63. The van der Waals surface area contributed by atoms with Crippen molar-refractivity contribution >= 4 is 39.9 Å². The van der Waals surface area contributed by atoms with Crippen LogP contribution in [0.25, 0.3) is 21.7 Å². The highest BCUT2D eigenvalue weighted by Gasteiger charge is 2.29. The van der Waals surface area contributed by atoms with Crippen LogP contribution in [0.15, 0.2) is 59.4 Å². The van der Waals surface area contributed by atoms with Crippen LogP contribution in [0, 0.1) is 0 Å². The summed E-state index contributed by atoms with van der Waals surface area (Å²) in [5.74, 6) is -1.24. The molecule has 154 valence electrons. The lowest BCUT2D eigenvalue weighted by atomic mass is 9.98. The Kier molecular flexibility index (Phi) is 4.97. The van der Waals surface area contributed by atoms with Crippen LogP contribution in [-0.4, -0.2) is 33.7 Å². The van der Waals surface area contributed by atoms with E-state index in [2.05, 4.69) is 27.4 Å². The summed E-state index contributed by atoms with van der Waals surface area (Å²) in [5, 5.41) is 13.9. The minimum Gasteiger partial charge on any atom is -0.476 e. The number of nitrogens with zero attached hydrogens (tertiary/aromatic N) is 2. The Bertz CT molecular complexity index is 1240. The molecule has 0 saturated carbocycles. The second-order valence-corrected chi connectivity index (χ2v) is 8.54. The summed E-state index contributed by atoms with van der Waals surface area (Å²) in [7, 11) is 0. The van der Waals surface area contributed by atoms with Gasteiger partial charge in [-0.2, -0.15) is 0 Å². The van der Waals surface area contributed by atoms with Crippen molar-refractivity contribution in [2.24, 2.45) is 0 Å². The SMILES string of the molecule is O=C(Nc1nc(C(=O)O)c(-c2cscn2)s1)OCC1c2ccccc2-c2ccccc21. The number of nitrogens with one attached hydrogen (secondary N) is 1. The molecule has 0 spiro atoms. The molecule has 0 radical (unpaired) electrons. The normalized spacial score (nSPS) is 12.3. The molecular formula is C22H15N3O4S2. The maximum Gasteiger partial charge on any atom is 0.413 e. The predicted octanol–water partition coefficient (Wildman–Crippen LogP) is 5.33. The molecule has 2 aromatic heterocycles. The van der Waals surface area contributed by atoms with Crippen molar-refractivity contribution in [1.29, 1.82) is 0 Å². The zero-order valence-corrected chi connectivity index (χ0v) is 17.6. The molecule has 4 aromatic rings. The fourth-order valence-electron chi connectivity index (χ4n) is 3.74. The van der Waals surface area contributed by atoms with Gasteiger partial charge in [0.15, 0.2) is 10.8 Å². The maximum absolute atomic E-state index is 12.4. The summed E-state index contributed by atoms with van der Waals surface area (Å²) in [5.41, 5.74) is 6.50. The van der Waals surface area contributed by atoms with Gasteiger partial charge in [-0.05, 0) is 22.3 Å². The number of amides is 1. The number of carboxylic acid groups (broad SMARTS) is 1. The largest absolute Gasteiger partial charge is 0.476 e. The Morgan fingerprint density at radius 2 is 1.74 bits per heavy atom. The number of benzene rings is 2. The second kappa shape index (κ2) is 7.93. The Morgan fingerprint density at radius 1 is 1.06 bits per heavy atom. The van der Waals surface area contributed by atoms with E-state index in [4.69, 9.17) is 4.74 Å². The van der Waals surface area contributed by atoms with Gasteiger partial charge in [0.05, 0.1) is 16.1 Å². The van der Waals surface area contributed by atoms with E-state index in [1.54, 1.807) is 10.9 Å². The number of rotatable bonds is 5. The van der Waals surface area contributed by atoms with E-state index in [0.29, 0.717) is 10.6 Å². The number of carboxylic acids is 1. The van der Waals surface area contributed by atoms with Crippen molar-refractivity contribution in [3.05, 3.63) is 76.2 Å². The fraction of sp³-hybridized carbons (Fsp3) is 0.0909. The number of anilines is 1. The quantitative estimate of drug-likeness (QED) is 0.427. The fourth-order valence-corrected chi connectivity index (χ4v) is 5.27. The van der Waals surface area contributed by atoms with Crippen LogP contribution in [-0.2, 0) is 4.74 Å². The number of ether oxygens (including phenoxy) is 1. The van der Waals surface area contributed by atoms with Gasteiger partial charge in [-0.25, -0.2) is 19.6 Å². The Morgan fingerprint density at radius 3 is 2.35 bits per heavy atom. The molecule has 0 atom stereocenters. The smallest absolute Gasteiger partial charge is 0.413 e. The molecule has 2 heterocycles. The van der Waals surface area contributed by atoms with Gasteiger partial charge in [0.25, 0.3) is 0 Å². The molecule has 2 N–H and O–H groups in total. The van der Waals surface area contributed by atoms with E-state index >= 15 is 0 Å². The Labute approximate surface area is 185 Å². The van der Waals surface area contributed by atoms with Crippen LogP contribution >= 0.6 is 22.7 Å². The number of fused-ring (bicyclic) bond motifs is 3. The molecule has 0 saturated heterocycles. The number of aromatic nitrogens is 2. The molecule has 2 aromatic carbocycles. The van der Waals surface area contributed by atoms with Gasteiger partial charge < -0.3 is 9.84 Å². The first-order valence-corrected chi connectivity index (χ1v) is 11.1. The van der Waals surface area contributed by atoms with Crippen molar-refractivity contribution < 1.29 is 19.4 Å². The molecule has 5 rings (SSSR count). The topological polar surface area (TPSA) is 101 Å². The summed E-state index contributed by atoms with van der Waals surface area (Å²) in [6, 6.07) is 16.2. The van der Waals surface area contributed by atoms with Crippen LogP contribution in [0.3, 0.4) is 0 Å². The zero-order chi connectivity index (χ0) is 21.4. The summed E-state index contributed by atoms with van der Waals surface area (Å²) >= 11 is 2.40. The molecule has 1 amide bonds. The van der Waals surface area contributed by atoms with E-state index in [1.807, 2.05) is 36.4 Å². The van der Waals surface area contributed by atoms with Gasteiger partial charge in [0.2, 0.25) is 0 Å². The Hall–Kier alpha value is -3.56. The lowest BCUT2D eigenvalue weighted by molar-refractivity contribution is 0.0692. The number of aromatic carboxylic acids is 1. The van der Waals surface area contributed by atoms with E-state index in [1.165, 1.54) is 11.3 Å². The van der Waals surface area contributed by atoms with Gasteiger partial charge in [0, 0.05) is 11.3 Å². The van der Waals surface area contributed by atoms with Gasteiger partial charge in [-0.1, -0.05) is 59.9 Å². The summed E-state index contributed by atoms with van der Waals surface area (Å²) < 4.78 is 5.50. The molecule has 0 fully saturated rings. The molecular weight excluding hydrogens is 434 g/mol. The Balaban J connectivity index is 1.32. The first kappa shape index (κ1) is 19.4. The maximum atomic E-state index is 12.4. The van der Waals surface area contributed by atoms with E-state index < -0.39 is 12.1 Å². The van der Waals surface area contributed by atoms with Crippen molar-refractivity contribution in [3.8, 4) is 21.7 Å². The van der Waals surface area contributed by atoms with Crippen molar-refractivity contribution in [1.82, 2.24) is 9.97 Å². The van der Waals surface area contributed by atoms with E-state index in [9.17, 15) is 14.7 Å². The second-order valence-electron chi connectivity index (χ2n) is 6.83. The highest BCUT2D eigenvalue weighted by atomic mass is 32.1. The molecule has 31 heavy (non-hydrogen) atoms. The summed E-state index contributed by atoms with van der Waals surface area (Å²) in [4.78, 5) is 32.5. The van der Waals surface area contributed by atoms with E-state index in [-0.39, 0.29) is 23.4 Å². The van der Waals surface area contributed by atoms with Gasteiger partial charge >= 0.3 is 12.1 Å². The molecule has 7 nitrogen and oxygen atoms in total. The highest BCUT2D eigenvalue weighted by molar-refractivity contribution is 7.19. The first-order valence-electron chi connectivity index (χ1n) is 9.36. The third-order valence-electron chi connectivity index (χ3n) is 5.05. The molecule has 9 heteroatoms. The number of thiazole rings is 2. The van der Waals surface area contributed by atoms with Crippen LogP contribution in [0.5, 0.6) is 0 Å². The van der Waals surface area contributed by atoms with Crippen LogP contribution in [0.2, 0.25) is 0 Å². The third kappa shape index (κ3) is 3.58. The summed E-state index contributed by atoms with van der Waals surface area (Å²) in [6.07, 6.45) is -0.683. The number of carbonyl (C=O) groups is 2. The van der Waals surface area contributed by atoms with Crippen LogP contribution in [0.1, 0.15) is 27.5 Å². The van der Waals surface area contributed by atoms with E-state index in [0.717, 1.165) is 33.6 Å². The van der Waals surface area contributed by atoms with Crippen molar-refractivity contribution in [2.75, 3.05) is 11.9 Å². The minimum absolute atomic E-state index is 0.0606. The molecule has 0 aliphatic heterocycles. The lowest BCUT2D eigenvalue weighted by Crippen LogP contribution is -2.18. The van der Waals surface area contributed by atoms with Crippen molar-refractivity contribution in [2.45, 2.75) is 5.92 Å². The van der Waals surface area contributed by atoms with Crippen LogP contribution < -0.4 is 5.32 Å². The highest BCUT2D eigenvalue weighted by Crippen LogP contribution is 2.44. The standard InChI is InChI=1S/C22H15N3O4S2/c26-20(27)18-19(17-10-30-11-23-17)31-21(24-18)25-22(28)29-9-16-14-7-3-1-5-12(14)13-6-2-4-8-15(13)16/h1-8,10-11,16H,9H2,(H,26,27)(H,24,25,28). The predicted molar refractivity (Wildman–Crippen MR) is 119 cm³/mol. The average molecular weight is 450 g/mol. The van der Waals surface area contributed by atoms with Gasteiger partial charge in [-0.15, -0.1) is 11.3 Å². The average Bonchev–Trinajstić information content (AvgIpc) is 3.50. The molecule has 0 bridgehead atoms. The number of hydrogen-bond donors (Lipinski definition) is 2. The number of carbonyl (C=O) groups excluding carboxylic acids is 1. The van der Waals surface area contributed by atoms with Gasteiger partial charge in [-0.3, -0.25) is 5.32 Å². The number of hydrogen-bond acceptors (Lipinski definition) is 7. The zero-order valence-electron chi connectivity index (χ0n) is 15.9. The van der Waals surface area contributed by atoms with Crippen molar-refractivity contribution in [3.63, 3.8) is 0 Å². The minimum atomic E-state index is -1.18. The molecule has 1 aliphatic rings. The van der Waals surface area contributed by atoms with Crippen LogP contribution in [0.4, 0.5) is 9.93 Å². The molecule has 1 aliphatic carbocycles.